The van der Waals surface area contributed by atoms with Gasteiger partial charge in [-0.05, 0) is 25.7 Å². The van der Waals surface area contributed by atoms with Gasteiger partial charge < -0.3 is 4.48 Å². The van der Waals surface area contributed by atoms with Gasteiger partial charge >= 0.3 is 0 Å². The van der Waals surface area contributed by atoms with Crippen LogP contribution >= 0.6 is 0 Å². The largest absolute Gasteiger partial charge is 0.324 e. The predicted octanol–water partition coefficient (Wildman–Crippen LogP) is 9.44. The van der Waals surface area contributed by atoms with Gasteiger partial charge in [0.15, 0.2) is 0 Å². The molecule has 1 nitrogen and oxygen atoms in total. The summed E-state index contributed by atoms with van der Waals surface area (Å²) < 4.78 is 1.49. The number of quaternary nitrogens is 1. The molecule has 174 valence electrons. The van der Waals surface area contributed by atoms with Gasteiger partial charge in [0.05, 0.1) is 26.2 Å². The van der Waals surface area contributed by atoms with Gasteiger partial charge in [0.1, 0.15) is 0 Å². The zero-order chi connectivity index (χ0) is 20.9. The van der Waals surface area contributed by atoms with Crippen LogP contribution in [0.25, 0.3) is 0 Å². The molecule has 0 aromatic carbocycles. The van der Waals surface area contributed by atoms with E-state index in [1.54, 1.807) is 0 Å². The van der Waals surface area contributed by atoms with Gasteiger partial charge in [0, 0.05) is 12.8 Å². The Morgan fingerprint density at radius 3 is 0.966 bits per heavy atom. The smallest absolute Gasteiger partial charge is 0.0788 e. The third-order valence-corrected chi connectivity index (χ3v) is 7.49. The summed E-state index contributed by atoms with van der Waals surface area (Å²) in [6.45, 7) is 10.6. The van der Waals surface area contributed by atoms with Gasteiger partial charge in [-0.1, -0.05) is 117 Å². The van der Waals surface area contributed by atoms with Crippen LogP contribution in [0.3, 0.4) is 0 Å². The first-order valence-electron chi connectivity index (χ1n) is 14.2. The van der Waals surface area contributed by atoms with Crippen LogP contribution in [-0.4, -0.2) is 30.7 Å². The monoisotopic (exact) mass is 408 g/mol. The molecule has 0 spiro atoms. The number of hydrogen-bond acceptors (Lipinski definition) is 0. The lowest BCUT2D eigenvalue weighted by Crippen LogP contribution is -2.46. The summed E-state index contributed by atoms with van der Waals surface area (Å²) in [7, 11) is 0. The summed E-state index contributed by atoms with van der Waals surface area (Å²) in [5.41, 5.74) is 0. The van der Waals surface area contributed by atoms with E-state index < -0.39 is 0 Å². The Morgan fingerprint density at radius 1 is 0.379 bits per heavy atom. The van der Waals surface area contributed by atoms with Crippen LogP contribution in [0.1, 0.15) is 155 Å². The molecular weight excluding hydrogens is 350 g/mol. The van der Waals surface area contributed by atoms with Crippen molar-refractivity contribution in [1.82, 2.24) is 0 Å². The zero-order valence-corrected chi connectivity index (χ0v) is 20.8. The van der Waals surface area contributed by atoms with Crippen LogP contribution in [0.5, 0.6) is 0 Å². The molecule has 29 heavy (non-hydrogen) atoms. The topological polar surface area (TPSA) is 0 Å². The van der Waals surface area contributed by atoms with Crippen LogP contribution in [0.4, 0.5) is 0 Å². The van der Waals surface area contributed by atoms with Crippen molar-refractivity contribution in [2.75, 3.05) is 26.2 Å². The summed E-state index contributed by atoms with van der Waals surface area (Å²) in [6, 6.07) is 0. The van der Waals surface area contributed by atoms with Crippen LogP contribution in [0.15, 0.2) is 0 Å². The molecule has 1 rings (SSSR count). The van der Waals surface area contributed by atoms with Gasteiger partial charge in [-0.25, -0.2) is 0 Å². The fourth-order valence-corrected chi connectivity index (χ4v) is 5.43. The van der Waals surface area contributed by atoms with E-state index in [0.717, 1.165) is 0 Å². The van der Waals surface area contributed by atoms with Gasteiger partial charge in [0.2, 0.25) is 0 Å². The van der Waals surface area contributed by atoms with E-state index >= 15 is 0 Å². The minimum atomic E-state index is 1.37. The minimum Gasteiger partial charge on any atom is -0.324 e. The first-order valence-corrected chi connectivity index (χ1v) is 14.2. The molecule has 0 unspecified atom stereocenters. The van der Waals surface area contributed by atoms with Gasteiger partial charge in [0.25, 0.3) is 0 Å². The van der Waals surface area contributed by atoms with Gasteiger partial charge in [-0.15, -0.1) is 0 Å². The van der Waals surface area contributed by atoms with E-state index in [1.165, 1.54) is 172 Å². The molecule has 0 atom stereocenters. The summed E-state index contributed by atoms with van der Waals surface area (Å²) in [6.07, 6.45) is 32.4. The van der Waals surface area contributed by atoms with Crippen LogP contribution < -0.4 is 0 Å². The Balaban J connectivity index is 1.95. The maximum absolute atomic E-state index is 2.31. The average molecular weight is 409 g/mol. The maximum Gasteiger partial charge on any atom is 0.0788 e. The second kappa shape index (κ2) is 19.9. The Kier molecular flexibility index (Phi) is 18.5. The van der Waals surface area contributed by atoms with Crippen LogP contribution in [0, 0.1) is 0 Å². The highest BCUT2D eigenvalue weighted by atomic mass is 15.4. The fraction of sp³-hybridized carbons (Fsp3) is 1.00. The first kappa shape index (κ1) is 27.0. The lowest BCUT2D eigenvalue weighted by Gasteiger charge is -2.34. The van der Waals surface area contributed by atoms with Crippen molar-refractivity contribution >= 4 is 0 Å². The Bertz CT molecular complexity index is 318. The third kappa shape index (κ3) is 15.4. The highest BCUT2D eigenvalue weighted by Gasteiger charge is 2.30. The summed E-state index contributed by atoms with van der Waals surface area (Å²) >= 11 is 0. The molecule has 0 aromatic heterocycles. The van der Waals surface area contributed by atoms with Crippen LogP contribution in [-0.2, 0) is 0 Å². The summed E-state index contributed by atoms with van der Waals surface area (Å²) in [4.78, 5) is 0. The van der Waals surface area contributed by atoms with E-state index in [0.29, 0.717) is 0 Å². The number of rotatable bonds is 22. The molecular formula is C28H58N+. The van der Waals surface area contributed by atoms with Crippen molar-refractivity contribution in [1.29, 1.82) is 0 Å². The van der Waals surface area contributed by atoms with E-state index in [9.17, 15) is 0 Å². The van der Waals surface area contributed by atoms with Crippen molar-refractivity contribution in [3.63, 3.8) is 0 Å². The fourth-order valence-electron chi connectivity index (χ4n) is 5.43. The molecule has 1 aliphatic rings. The summed E-state index contributed by atoms with van der Waals surface area (Å²) in [5, 5.41) is 0. The number of nitrogens with zero attached hydrogens (tertiary/aromatic N) is 1. The molecule has 1 heterocycles. The average Bonchev–Trinajstić information content (AvgIpc) is 3.20. The molecule has 1 heteroatoms. The molecule has 0 radical (unpaired) electrons. The second-order valence-corrected chi connectivity index (χ2v) is 10.3. The number of unbranched alkanes of at least 4 members (excludes halogenated alkanes) is 18. The molecule has 0 aliphatic carbocycles. The third-order valence-electron chi connectivity index (χ3n) is 7.49. The lowest BCUT2D eigenvalue weighted by molar-refractivity contribution is -0.917. The lowest BCUT2D eigenvalue weighted by atomic mass is 10.1. The molecule has 1 aliphatic heterocycles. The SMILES string of the molecule is CCCCCCCCCCCCC[N+]1(CCCCCCCCCCC)CCCC1. The van der Waals surface area contributed by atoms with Gasteiger partial charge in [-0.2, -0.15) is 0 Å². The van der Waals surface area contributed by atoms with Crippen molar-refractivity contribution in [2.45, 2.75) is 155 Å². The molecule has 0 N–H and O–H groups in total. The summed E-state index contributed by atoms with van der Waals surface area (Å²) in [5.74, 6) is 0. The van der Waals surface area contributed by atoms with Crippen LogP contribution in [0.2, 0.25) is 0 Å². The number of likely N-dealkylation sites (tertiary alicyclic amines) is 1. The molecule has 0 saturated carbocycles. The van der Waals surface area contributed by atoms with Crippen molar-refractivity contribution in [3.05, 3.63) is 0 Å². The van der Waals surface area contributed by atoms with E-state index in [2.05, 4.69) is 13.8 Å². The van der Waals surface area contributed by atoms with E-state index in [-0.39, 0.29) is 0 Å². The van der Waals surface area contributed by atoms with Gasteiger partial charge in [-0.3, -0.25) is 0 Å². The molecule has 0 amide bonds. The van der Waals surface area contributed by atoms with E-state index in [1.807, 2.05) is 0 Å². The van der Waals surface area contributed by atoms with Crippen molar-refractivity contribution < 1.29 is 4.48 Å². The molecule has 0 bridgehead atoms. The Labute approximate surface area is 186 Å². The Morgan fingerprint density at radius 2 is 0.655 bits per heavy atom. The second-order valence-electron chi connectivity index (χ2n) is 10.3. The number of hydrogen-bond donors (Lipinski definition) is 0. The zero-order valence-electron chi connectivity index (χ0n) is 20.8. The molecule has 0 aromatic rings. The maximum atomic E-state index is 2.31. The highest BCUT2D eigenvalue weighted by molar-refractivity contribution is 4.57. The highest BCUT2D eigenvalue weighted by Crippen LogP contribution is 2.23. The van der Waals surface area contributed by atoms with Crippen molar-refractivity contribution in [2.24, 2.45) is 0 Å². The molecule has 1 fully saturated rings. The Hall–Kier alpha value is -0.0400. The first-order chi connectivity index (χ1) is 14.3. The van der Waals surface area contributed by atoms with E-state index in [4.69, 9.17) is 0 Å². The molecule has 1 saturated heterocycles. The normalized spacial score (nSPS) is 15.9. The van der Waals surface area contributed by atoms with Crippen molar-refractivity contribution in [3.8, 4) is 0 Å². The predicted molar refractivity (Wildman–Crippen MR) is 133 cm³/mol. The quantitative estimate of drug-likeness (QED) is 0.124. The standard InChI is InChI=1S/C28H58N/c1-3-5-7-9-11-13-14-16-18-20-22-26-29(27-23-24-28-29)25-21-19-17-15-12-10-8-6-4-2/h3-28H2,1-2H3/q+1. The minimum absolute atomic E-state index is 1.37.